The first-order valence-corrected chi connectivity index (χ1v) is 12.1. The standard InChI is InChI=1S/C27H34N4O2/c1-21-8-7-16-30(19-21)20-24-12-6-5-11-23(24)18-28-26(32)13-14-27(33)31-17-15-25(29-31)22-9-3-2-4-10-22/h2-6,9-12,21H,7-8,13-20H2,1H3,(H,28,32). The van der Waals surface area contributed by atoms with Crippen molar-refractivity contribution >= 4 is 17.5 Å². The molecule has 1 saturated heterocycles. The van der Waals surface area contributed by atoms with E-state index in [4.69, 9.17) is 0 Å². The highest BCUT2D eigenvalue weighted by Crippen LogP contribution is 2.20. The summed E-state index contributed by atoms with van der Waals surface area (Å²) < 4.78 is 0. The molecule has 33 heavy (non-hydrogen) atoms. The lowest BCUT2D eigenvalue weighted by Crippen LogP contribution is -2.34. The number of carbonyl (C=O) groups excluding carboxylic acids is 2. The number of likely N-dealkylation sites (tertiary alicyclic amines) is 1. The Morgan fingerprint density at radius 3 is 2.55 bits per heavy atom. The Bertz CT molecular complexity index is 989. The van der Waals surface area contributed by atoms with Crippen molar-refractivity contribution in [3.63, 3.8) is 0 Å². The summed E-state index contributed by atoms with van der Waals surface area (Å²) in [6.07, 6.45) is 3.65. The van der Waals surface area contributed by atoms with Gasteiger partial charge in [0.15, 0.2) is 0 Å². The number of nitrogens with zero attached hydrogens (tertiary/aromatic N) is 3. The molecular formula is C27H34N4O2. The Morgan fingerprint density at radius 2 is 1.76 bits per heavy atom. The van der Waals surface area contributed by atoms with Gasteiger partial charge >= 0.3 is 0 Å². The molecule has 6 nitrogen and oxygen atoms in total. The Morgan fingerprint density at radius 1 is 1.00 bits per heavy atom. The molecule has 1 fully saturated rings. The molecule has 0 bridgehead atoms. The first kappa shape index (κ1) is 23.2. The van der Waals surface area contributed by atoms with E-state index in [1.54, 1.807) is 0 Å². The minimum absolute atomic E-state index is 0.101. The predicted molar refractivity (Wildman–Crippen MR) is 131 cm³/mol. The molecule has 174 valence electrons. The average Bonchev–Trinajstić information content (AvgIpc) is 3.33. The molecule has 2 aliphatic rings. The van der Waals surface area contributed by atoms with Crippen LogP contribution in [-0.2, 0) is 22.7 Å². The van der Waals surface area contributed by atoms with E-state index >= 15 is 0 Å². The van der Waals surface area contributed by atoms with Gasteiger partial charge in [0.2, 0.25) is 11.8 Å². The van der Waals surface area contributed by atoms with Crippen LogP contribution in [-0.4, -0.2) is 47.1 Å². The van der Waals surface area contributed by atoms with Crippen molar-refractivity contribution in [2.24, 2.45) is 11.0 Å². The first-order chi connectivity index (χ1) is 16.1. The van der Waals surface area contributed by atoms with Gasteiger partial charge in [0.1, 0.15) is 0 Å². The predicted octanol–water partition coefficient (Wildman–Crippen LogP) is 3.95. The van der Waals surface area contributed by atoms with Crippen molar-refractivity contribution in [2.45, 2.75) is 52.1 Å². The van der Waals surface area contributed by atoms with Gasteiger partial charge in [-0.25, -0.2) is 5.01 Å². The smallest absolute Gasteiger partial charge is 0.243 e. The third kappa shape index (κ3) is 6.51. The summed E-state index contributed by atoms with van der Waals surface area (Å²) in [6, 6.07) is 18.2. The highest BCUT2D eigenvalue weighted by atomic mass is 16.2. The van der Waals surface area contributed by atoms with Crippen LogP contribution in [0.4, 0.5) is 0 Å². The van der Waals surface area contributed by atoms with Crippen LogP contribution in [0.3, 0.4) is 0 Å². The van der Waals surface area contributed by atoms with E-state index < -0.39 is 0 Å². The van der Waals surface area contributed by atoms with E-state index in [1.807, 2.05) is 36.4 Å². The Balaban J connectivity index is 1.24. The molecule has 0 aliphatic carbocycles. The van der Waals surface area contributed by atoms with Crippen LogP contribution >= 0.6 is 0 Å². The van der Waals surface area contributed by atoms with Crippen LogP contribution in [0.1, 0.15) is 55.7 Å². The molecular weight excluding hydrogens is 412 g/mol. The SMILES string of the molecule is CC1CCCN(Cc2ccccc2CNC(=O)CCC(=O)N2CCC(c3ccccc3)=N2)C1. The molecule has 1 atom stereocenters. The van der Waals surface area contributed by atoms with E-state index in [0.717, 1.165) is 48.8 Å². The highest BCUT2D eigenvalue weighted by Gasteiger charge is 2.22. The summed E-state index contributed by atoms with van der Waals surface area (Å²) in [5.41, 5.74) is 4.38. The topological polar surface area (TPSA) is 65.0 Å². The second-order valence-electron chi connectivity index (χ2n) is 9.21. The molecule has 0 radical (unpaired) electrons. The van der Waals surface area contributed by atoms with Crippen LogP contribution < -0.4 is 5.32 Å². The summed E-state index contributed by atoms with van der Waals surface area (Å²) in [6.45, 7) is 6.58. The van der Waals surface area contributed by atoms with Gasteiger partial charge in [0, 0.05) is 38.9 Å². The largest absolute Gasteiger partial charge is 0.352 e. The molecule has 0 saturated carbocycles. The molecule has 2 heterocycles. The number of hydrogen-bond donors (Lipinski definition) is 1. The average molecular weight is 447 g/mol. The van der Waals surface area contributed by atoms with Gasteiger partial charge in [0.25, 0.3) is 0 Å². The molecule has 4 rings (SSSR count). The van der Waals surface area contributed by atoms with Gasteiger partial charge in [-0.15, -0.1) is 0 Å². The quantitative estimate of drug-likeness (QED) is 0.668. The summed E-state index contributed by atoms with van der Waals surface area (Å²) in [4.78, 5) is 27.5. The number of piperidine rings is 1. The van der Waals surface area contributed by atoms with Crippen LogP contribution in [0.25, 0.3) is 0 Å². The maximum absolute atomic E-state index is 12.5. The lowest BCUT2D eigenvalue weighted by molar-refractivity contribution is -0.133. The first-order valence-electron chi connectivity index (χ1n) is 12.1. The van der Waals surface area contributed by atoms with Crippen LogP contribution in [0.5, 0.6) is 0 Å². The van der Waals surface area contributed by atoms with E-state index in [1.165, 1.54) is 23.4 Å². The fourth-order valence-corrected chi connectivity index (χ4v) is 4.66. The zero-order valence-electron chi connectivity index (χ0n) is 19.5. The number of hydrogen-bond acceptors (Lipinski definition) is 4. The number of nitrogens with one attached hydrogen (secondary N) is 1. The lowest BCUT2D eigenvalue weighted by atomic mass is 9.99. The van der Waals surface area contributed by atoms with Gasteiger partial charge in [-0.3, -0.25) is 14.5 Å². The van der Waals surface area contributed by atoms with Crippen molar-refractivity contribution in [3.8, 4) is 0 Å². The highest BCUT2D eigenvalue weighted by molar-refractivity contribution is 6.02. The molecule has 2 aliphatic heterocycles. The van der Waals surface area contributed by atoms with Crippen LogP contribution in [0, 0.1) is 5.92 Å². The lowest BCUT2D eigenvalue weighted by Gasteiger charge is -2.31. The number of amides is 2. The molecule has 0 spiro atoms. The molecule has 2 amide bonds. The van der Waals surface area contributed by atoms with Crippen molar-refractivity contribution in [2.75, 3.05) is 19.6 Å². The van der Waals surface area contributed by atoms with E-state index in [0.29, 0.717) is 13.1 Å². The zero-order valence-corrected chi connectivity index (χ0v) is 19.5. The summed E-state index contributed by atoms with van der Waals surface area (Å²) in [7, 11) is 0. The summed E-state index contributed by atoms with van der Waals surface area (Å²) in [5, 5.41) is 8.97. The van der Waals surface area contributed by atoms with E-state index in [2.05, 4.69) is 40.4 Å². The van der Waals surface area contributed by atoms with Gasteiger partial charge < -0.3 is 5.32 Å². The molecule has 2 aromatic rings. The fourth-order valence-electron chi connectivity index (χ4n) is 4.66. The molecule has 6 heteroatoms. The number of benzene rings is 2. The van der Waals surface area contributed by atoms with Crippen molar-refractivity contribution in [3.05, 3.63) is 71.3 Å². The maximum Gasteiger partial charge on any atom is 0.243 e. The Hall–Kier alpha value is -2.99. The second kappa shape index (κ2) is 11.2. The van der Waals surface area contributed by atoms with Gasteiger partial charge in [-0.05, 0) is 42.0 Å². The molecule has 1 unspecified atom stereocenters. The Kier molecular flexibility index (Phi) is 7.89. The molecule has 2 aromatic carbocycles. The Labute approximate surface area is 196 Å². The zero-order chi connectivity index (χ0) is 23.0. The number of rotatable bonds is 8. The van der Waals surface area contributed by atoms with Crippen LogP contribution in [0.15, 0.2) is 59.7 Å². The number of hydrazone groups is 1. The van der Waals surface area contributed by atoms with Gasteiger partial charge in [-0.2, -0.15) is 5.10 Å². The maximum atomic E-state index is 12.5. The van der Waals surface area contributed by atoms with Crippen molar-refractivity contribution in [1.82, 2.24) is 15.2 Å². The van der Waals surface area contributed by atoms with E-state index in [9.17, 15) is 9.59 Å². The monoisotopic (exact) mass is 446 g/mol. The second-order valence-corrected chi connectivity index (χ2v) is 9.21. The minimum Gasteiger partial charge on any atom is -0.352 e. The molecule has 1 N–H and O–H groups in total. The minimum atomic E-state index is -0.101. The third-order valence-electron chi connectivity index (χ3n) is 6.49. The fraction of sp³-hybridized carbons (Fsp3) is 0.444. The van der Waals surface area contributed by atoms with Crippen LogP contribution in [0.2, 0.25) is 0 Å². The number of carbonyl (C=O) groups is 2. The summed E-state index contributed by atoms with van der Waals surface area (Å²) >= 11 is 0. The van der Waals surface area contributed by atoms with E-state index in [-0.39, 0.29) is 24.7 Å². The normalized spacial score (nSPS) is 18.8. The van der Waals surface area contributed by atoms with Gasteiger partial charge in [0.05, 0.1) is 12.3 Å². The third-order valence-corrected chi connectivity index (χ3v) is 6.49. The van der Waals surface area contributed by atoms with Gasteiger partial charge in [-0.1, -0.05) is 61.5 Å². The summed E-state index contributed by atoms with van der Waals surface area (Å²) in [5.74, 6) is 0.541. The molecule has 0 aromatic heterocycles. The van der Waals surface area contributed by atoms with Crippen molar-refractivity contribution in [1.29, 1.82) is 0 Å². The van der Waals surface area contributed by atoms with Crippen molar-refractivity contribution < 1.29 is 9.59 Å².